The van der Waals surface area contributed by atoms with Gasteiger partial charge in [-0.1, -0.05) is 23.2 Å². The molecule has 2 aromatic rings. The fourth-order valence-corrected chi connectivity index (χ4v) is 4.27. The quantitative estimate of drug-likeness (QED) is 0.722. The van der Waals surface area contributed by atoms with Crippen LogP contribution in [0, 0.1) is 0 Å². The molecule has 0 bridgehead atoms. The number of nitrogens with one attached hydrogen (secondary N) is 1. The Balaban J connectivity index is 0.00000280. The summed E-state index contributed by atoms with van der Waals surface area (Å²) in [6.45, 7) is 3.41. The average Bonchev–Trinajstić information content (AvgIpc) is 2.64. The molecule has 1 fully saturated rings. The minimum absolute atomic E-state index is 0. The van der Waals surface area contributed by atoms with Crippen LogP contribution in [0.5, 0.6) is 5.75 Å². The third-order valence-corrected chi connectivity index (χ3v) is 6.59. The molecule has 1 heterocycles. The van der Waals surface area contributed by atoms with Crippen molar-refractivity contribution in [3.05, 3.63) is 46.4 Å². The Hall–Kier alpha value is -1.38. The van der Waals surface area contributed by atoms with Gasteiger partial charge in [0.2, 0.25) is 0 Å². The molecule has 1 N–H and O–H groups in total. The van der Waals surface area contributed by atoms with E-state index >= 15 is 0 Å². The molecule has 28 heavy (non-hydrogen) atoms. The van der Waals surface area contributed by atoms with Crippen LogP contribution in [-0.4, -0.2) is 53.7 Å². The summed E-state index contributed by atoms with van der Waals surface area (Å²) in [5.41, 5.74) is 1.11. The lowest BCUT2D eigenvalue weighted by atomic mass is 10.2. The predicted molar refractivity (Wildman–Crippen MR) is 117 cm³/mol. The van der Waals surface area contributed by atoms with E-state index in [2.05, 4.69) is 21.6 Å². The first-order valence-corrected chi connectivity index (χ1v) is 10.6. The lowest BCUT2D eigenvalue weighted by Gasteiger charge is -2.34. The van der Waals surface area contributed by atoms with Crippen molar-refractivity contribution in [1.29, 1.82) is 0 Å². The maximum absolute atomic E-state index is 12.8. The van der Waals surface area contributed by atoms with Crippen LogP contribution in [-0.2, 0) is 10.0 Å². The molecule has 1 aliphatic rings. The third kappa shape index (κ3) is 5.15. The molecule has 154 valence electrons. The Morgan fingerprint density at radius 1 is 1.00 bits per heavy atom. The highest BCUT2D eigenvalue weighted by Gasteiger charge is 2.22. The zero-order valence-corrected chi connectivity index (χ0v) is 18.6. The van der Waals surface area contributed by atoms with Gasteiger partial charge in [-0.15, -0.1) is 12.4 Å². The van der Waals surface area contributed by atoms with Crippen LogP contribution < -0.4 is 14.4 Å². The second-order valence-electron chi connectivity index (χ2n) is 6.36. The summed E-state index contributed by atoms with van der Waals surface area (Å²) in [7, 11) is -0.138. The highest BCUT2D eigenvalue weighted by Crippen LogP contribution is 2.33. The van der Waals surface area contributed by atoms with E-state index < -0.39 is 10.0 Å². The number of piperazine rings is 1. The number of anilines is 2. The zero-order chi connectivity index (χ0) is 19.6. The Bertz CT molecular complexity index is 933. The molecule has 0 amide bonds. The Kier molecular flexibility index (Phi) is 7.70. The number of likely N-dealkylation sites (N-methyl/N-ethyl adjacent to an activating group) is 1. The van der Waals surface area contributed by atoms with Crippen molar-refractivity contribution in [3.8, 4) is 5.75 Å². The first-order valence-electron chi connectivity index (χ1n) is 8.39. The minimum Gasteiger partial charge on any atom is -0.495 e. The van der Waals surface area contributed by atoms with E-state index in [9.17, 15) is 8.42 Å². The number of halogens is 3. The largest absolute Gasteiger partial charge is 0.495 e. The second kappa shape index (κ2) is 9.41. The van der Waals surface area contributed by atoms with E-state index in [1.807, 2.05) is 0 Å². The molecule has 0 spiro atoms. The third-order valence-electron chi connectivity index (χ3n) is 4.48. The molecule has 1 aliphatic heterocycles. The van der Waals surface area contributed by atoms with Crippen molar-refractivity contribution in [2.75, 3.05) is 50.0 Å². The molecule has 1 saturated heterocycles. The first kappa shape index (κ1) is 22.9. The van der Waals surface area contributed by atoms with Gasteiger partial charge in [0.1, 0.15) is 5.75 Å². The molecule has 10 heteroatoms. The van der Waals surface area contributed by atoms with Gasteiger partial charge in [-0.2, -0.15) is 0 Å². The van der Waals surface area contributed by atoms with E-state index in [1.165, 1.54) is 12.1 Å². The molecule has 0 radical (unpaired) electrons. The van der Waals surface area contributed by atoms with Gasteiger partial charge < -0.3 is 14.5 Å². The Labute approximate surface area is 181 Å². The maximum Gasteiger partial charge on any atom is 0.261 e. The van der Waals surface area contributed by atoms with Crippen LogP contribution in [0.2, 0.25) is 10.0 Å². The molecule has 0 saturated carbocycles. The number of methoxy groups -OCH3 is 1. The van der Waals surface area contributed by atoms with Gasteiger partial charge in [0.15, 0.2) is 0 Å². The number of benzene rings is 2. The van der Waals surface area contributed by atoms with Gasteiger partial charge in [-0.25, -0.2) is 8.42 Å². The van der Waals surface area contributed by atoms with Crippen molar-refractivity contribution in [1.82, 2.24) is 4.90 Å². The lowest BCUT2D eigenvalue weighted by Crippen LogP contribution is -2.44. The molecule has 3 rings (SSSR count). The van der Waals surface area contributed by atoms with Gasteiger partial charge in [0, 0.05) is 26.2 Å². The van der Waals surface area contributed by atoms with Crippen molar-refractivity contribution in [3.63, 3.8) is 0 Å². The van der Waals surface area contributed by atoms with E-state index in [0.717, 1.165) is 31.9 Å². The van der Waals surface area contributed by atoms with Crippen LogP contribution in [0.15, 0.2) is 41.3 Å². The highest BCUT2D eigenvalue weighted by molar-refractivity contribution is 7.92. The first-order chi connectivity index (χ1) is 12.8. The molecule has 0 atom stereocenters. The number of sulfonamides is 1. The molecular formula is C18H22Cl3N3O3S. The summed E-state index contributed by atoms with van der Waals surface area (Å²) >= 11 is 11.9. The fourth-order valence-electron chi connectivity index (χ4n) is 2.91. The van der Waals surface area contributed by atoms with Crippen molar-refractivity contribution in [2.45, 2.75) is 4.90 Å². The molecule has 0 aliphatic carbocycles. The van der Waals surface area contributed by atoms with E-state index in [4.69, 9.17) is 27.9 Å². The molecule has 0 unspecified atom stereocenters. The molecule has 0 aromatic heterocycles. The summed E-state index contributed by atoms with van der Waals surface area (Å²) < 4.78 is 33.6. The van der Waals surface area contributed by atoms with E-state index in [0.29, 0.717) is 16.5 Å². The number of hydrogen-bond acceptors (Lipinski definition) is 5. The number of nitrogens with zero attached hydrogens (tertiary/aromatic N) is 2. The van der Waals surface area contributed by atoms with Gasteiger partial charge in [-0.05, 0) is 43.4 Å². The smallest absolute Gasteiger partial charge is 0.261 e. The topological polar surface area (TPSA) is 61.9 Å². The number of hydrogen-bond donors (Lipinski definition) is 1. The summed E-state index contributed by atoms with van der Waals surface area (Å²) in [4.78, 5) is 4.52. The Morgan fingerprint density at radius 3 is 2.29 bits per heavy atom. The number of ether oxygens (including phenoxy) is 1. The molecule has 2 aromatic carbocycles. The van der Waals surface area contributed by atoms with Crippen LogP contribution in [0.4, 0.5) is 11.4 Å². The summed E-state index contributed by atoms with van der Waals surface area (Å²) in [6, 6.07) is 9.44. The molecule has 6 nitrogen and oxygen atoms in total. The van der Waals surface area contributed by atoms with E-state index in [-0.39, 0.29) is 22.3 Å². The fraction of sp³-hybridized carbons (Fsp3) is 0.333. The van der Waals surface area contributed by atoms with Gasteiger partial charge in [-0.3, -0.25) is 4.72 Å². The molecular weight excluding hydrogens is 445 g/mol. The zero-order valence-electron chi connectivity index (χ0n) is 15.5. The second-order valence-corrected chi connectivity index (χ2v) is 8.86. The van der Waals surface area contributed by atoms with E-state index in [1.54, 1.807) is 31.4 Å². The summed E-state index contributed by atoms with van der Waals surface area (Å²) in [6.07, 6.45) is 0. The highest BCUT2D eigenvalue weighted by atomic mass is 35.5. The van der Waals surface area contributed by atoms with Crippen LogP contribution in [0.25, 0.3) is 0 Å². The van der Waals surface area contributed by atoms with Crippen molar-refractivity contribution < 1.29 is 13.2 Å². The van der Waals surface area contributed by atoms with Crippen LogP contribution in [0.3, 0.4) is 0 Å². The van der Waals surface area contributed by atoms with Crippen molar-refractivity contribution >= 4 is 57.0 Å². The van der Waals surface area contributed by atoms with Gasteiger partial charge in [0.25, 0.3) is 10.0 Å². The van der Waals surface area contributed by atoms with Crippen molar-refractivity contribution in [2.24, 2.45) is 0 Å². The van der Waals surface area contributed by atoms with Crippen LogP contribution >= 0.6 is 35.6 Å². The Morgan fingerprint density at radius 2 is 1.68 bits per heavy atom. The minimum atomic E-state index is -3.78. The standard InChI is InChI=1S/C18H21Cl2N3O3S.ClH/c1-22-7-9-23(10-8-22)17-12-14(4-6-18(17)26-2)27(24,25)21-13-3-5-15(19)16(20)11-13;/h3-6,11-12,21H,7-10H2,1-2H3;1H. The summed E-state index contributed by atoms with van der Waals surface area (Å²) in [5, 5.41) is 0.645. The average molecular weight is 467 g/mol. The lowest BCUT2D eigenvalue weighted by molar-refractivity contribution is 0.311. The summed E-state index contributed by atoms with van der Waals surface area (Å²) in [5.74, 6) is 0.646. The predicted octanol–water partition coefficient (Wildman–Crippen LogP) is 3.98. The van der Waals surface area contributed by atoms with Gasteiger partial charge >= 0.3 is 0 Å². The maximum atomic E-state index is 12.8. The van der Waals surface area contributed by atoms with Crippen LogP contribution in [0.1, 0.15) is 0 Å². The normalized spacial score (nSPS) is 15.1. The van der Waals surface area contributed by atoms with Gasteiger partial charge in [0.05, 0.1) is 33.4 Å². The SMILES string of the molecule is COc1ccc(S(=O)(=O)Nc2ccc(Cl)c(Cl)c2)cc1N1CCN(C)CC1.Cl. The monoisotopic (exact) mass is 465 g/mol. The number of rotatable bonds is 5.